The van der Waals surface area contributed by atoms with Crippen molar-refractivity contribution in [2.75, 3.05) is 0 Å². The molecule has 0 aliphatic heterocycles. The number of hydrogen-bond donors (Lipinski definition) is 1. The molecule has 1 aromatic carbocycles. The second-order valence-corrected chi connectivity index (χ2v) is 6.13. The Hall–Kier alpha value is -1.61. The van der Waals surface area contributed by atoms with Crippen LogP contribution < -0.4 is 5.73 Å². The summed E-state index contributed by atoms with van der Waals surface area (Å²) in [5.74, 6) is 0. The molecule has 2 N–H and O–H groups in total. The molecule has 21 heavy (non-hydrogen) atoms. The minimum Gasteiger partial charge on any atom is -0.324 e. The topological polar surface area (TPSA) is 43.8 Å². The van der Waals surface area contributed by atoms with E-state index in [0.717, 1.165) is 12.8 Å². The second-order valence-electron chi connectivity index (χ2n) is 6.13. The summed E-state index contributed by atoms with van der Waals surface area (Å²) >= 11 is 0. The molecule has 1 unspecified atom stereocenters. The Kier molecular flexibility index (Phi) is 4.71. The standard InChI is InChI=1S/C18H25N3/c19-18(15-7-3-1-4-8-15)12-11-16-13-14-21(20-16)17-9-5-2-6-10-17/h1,3-4,7-8,13-14,17-18H,2,5-6,9-12,19H2. The monoisotopic (exact) mass is 283 g/mol. The Morgan fingerprint density at radius 2 is 1.86 bits per heavy atom. The van der Waals surface area contributed by atoms with Gasteiger partial charge in [0, 0.05) is 12.2 Å². The van der Waals surface area contributed by atoms with Gasteiger partial charge in [0.1, 0.15) is 0 Å². The summed E-state index contributed by atoms with van der Waals surface area (Å²) in [5, 5.41) is 4.76. The molecule has 112 valence electrons. The van der Waals surface area contributed by atoms with Crippen molar-refractivity contribution in [3.05, 3.63) is 53.9 Å². The first kappa shape index (κ1) is 14.3. The third-order valence-corrected chi connectivity index (χ3v) is 4.55. The molecule has 1 saturated carbocycles. The molecule has 0 radical (unpaired) electrons. The fraction of sp³-hybridized carbons (Fsp3) is 0.500. The molecule has 0 spiro atoms. The van der Waals surface area contributed by atoms with Gasteiger partial charge < -0.3 is 5.73 Å². The Morgan fingerprint density at radius 1 is 1.10 bits per heavy atom. The number of hydrogen-bond acceptors (Lipinski definition) is 2. The molecule has 1 aliphatic carbocycles. The molecule has 2 aromatic rings. The van der Waals surface area contributed by atoms with E-state index in [9.17, 15) is 0 Å². The van der Waals surface area contributed by atoms with Crippen LogP contribution in [0.3, 0.4) is 0 Å². The summed E-state index contributed by atoms with van der Waals surface area (Å²) < 4.78 is 2.18. The summed E-state index contributed by atoms with van der Waals surface area (Å²) in [7, 11) is 0. The SMILES string of the molecule is NC(CCc1ccn(C2CCCCC2)n1)c1ccccc1. The van der Waals surface area contributed by atoms with E-state index >= 15 is 0 Å². The quantitative estimate of drug-likeness (QED) is 0.900. The summed E-state index contributed by atoms with van der Waals surface area (Å²) in [4.78, 5) is 0. The molecule has 1 aromatic heterocycles. The first-order chi connectivity index (χ1) is 10.3. The largest absolute Gasteiger partial charge is 0.324 e. The molecule has 3 nitrogen and oxygen atoms in total. The average Bonchev–Trinajstić information content (AvgIpc) is 3.03. The van der Waals surface area contributed by atoms with Crippen molar-refractivity contribution in [2.45, 2.75) is 57.0 Å². The van der Waals surface area contributed by atoms with Crippen molar-refractivity contribution < 1.29 is 0 Å². The predicted octanol–water partition coefficient (Wildman–Crippen LogP) is 4.02. The maximum Gasteiger partial charge on any atom is 0.0625 e. The van der Waals surface area contributed by atoms with Gasteiger partial charge in [0.25, 0.3) is 0 Å². The Morgan fingerprint density at radius 3 is 2.62 bits per heavy atom. The second kappa shape index (κ2) is 6.90. The smallest absolute Gasteiger partial charge is 0.0625 e. The zero-order valence-electron chi connectivity index (χ0n) is 12.6. The van der Waals surface area contributed by atoms with Gasteiger partial charge in [-0.15, -0.1) is 0 Å². The van der Waals surface area contributed by atoms with E-state index < -0.39 is 0 Å². The number of nitrogens with zero attached hydrogens (tertiary/aromatic N) is 2. The first-order valence-corrected chi connectivity index (χ1v) is 8.17. The van der Waals surface area contributed by atoms with Gasteiger partial charge in [0.05, 0.1) is 11.7 Å². The lowest BCUT2D eigenvalue weighted by Crippen LogP contribution is -2.14. The van der Waals surface area contributed by atoms with Crippen molar-refractivity contribution in [3.8, 4) is 0 Å². The highest BCUT2D eigenvalue weighted by Gasteiger charge is 2.16. The van der Waals surface area contributed by atoms with Crippen LogP contribution in [0.25, 0.3) is 0 Å². The van der Waals surface area contributed by atoms with Gasteiger partial charge in [-0.05, 0) is 37.3 Å². The van der Waals surface area contributed by atoms with Gasteiger partial charge in [-0.3, -0.25) is 4.68 Å². The van der Waals surface area contributed by atoms with E-state index in [0.29, 0.717) is 6.04 Å². The van der Waals surface area contributed by atoms with Crippen molar-refractivity contribution >= 4 is 0 Å². The predicted molar refractivity (Wildman–Crippen MR) is 86.0 cm³/mol. The van der Waals surface area contributed by atoms with Crippen molar-refractivity contribution in [3.63, 3.8) is 0 Å². The summed E-state index contributed by atoms with van der Waals surface area (Å²) in [6, 6.07) is 13.2. The van der Waals surface area contributed by atoms with Crippen LogP contribution in [-0.2, 0) is 6.42 Å². The normalized spacial score (nSPS) is 17.8. The molecule has 1 heterocycles. The molecule has 3 heteroatoms. The van der Waals surface area contributed by atoms with Crippen LogP contribution in [-0.4, -0.2) is 9.78 Å². The maximum absolute atomic E-state index is 6.26. The fourth-order valence-corrected chi connectivity index (χ4v) is 3.23. The molecule has 1 aliphatic rings. The molecular formula is C18H25N3. The number of aryl methyl sites for hydroxylation is 1. The van der Waals surface area contributed by atoms with Gasteiger partial charge in [0.2, 0.25) is 0 Å². The van der Waals surface area contributed by atoms with E-state index in [1.807, 2.05) is 18.2 Å². The lowest BCUT2D eigenvalue weighted by Gasteiger charge is -2.21. The van der Waals surface area contributed by atoms with Gasteiger partial charge in [-0.1, -0.05) is 49.6 Å². The van der Waals surface area contributed by atoms with Gasteiger partial charge in [-0.2, -0.15) is 5.10 Å². The summed E-state index contributed by atoms with van der Waals surface area (Å²) in [6.07, 6.45) is 10.7. The van der Waals surface area contributed by atoms with Crippen molar-refractivity contribution in [2.24, 2.45) is 5.73 Å². The van der Waals surface area contributed by atoms with E-state index in [1.54, 1.807) is 0 Å². The third kappa shape index (κ3) is 3.73. The Balaban J connectivity index is 1.55. The van der Waals surface area contributed by atoms with E-state index in [4.69, 9.17) is 10.8 Å². The molecule has 1 fully saturated rings. The van der Waals surface area contributed by atoms with E-state index in [1.165, 1.54) is 43.4 Å². The molecular weight excluding hydrogens is 258 g/mol. The van der Waals surface area contributed by atoms with Gasteiger partial charge in [-0.25, -0.2) is 0 Å². The Bertz CT molecular complexity index is 541. The fourth-order valence-electron chi connectivity index (χ4n) is 3.23. The number of rotatable bonds is 5. The Labute approximate surface area is 127 Å². The van der Waals surface area contributed by atoms with Crippen LogP contribution in [0.15, 0.2) is 42.6 Å². The summed E-state index contributed by atoms with van der Waals surface area (Å²) in [6.45, 7) is 0. The molecule has 0 bridgehead atoms. The lowest BCUT2D eigenvalue weighted by atomic mass is 9.96. The van der Waals surface area contributed by atoms with E-state index in [-0.39, 0.29) is 6.04 Å². The molecule has 0 amide bonds. The first-order valence-electron chi connectivity index (χ1n) is 8.17. The number of aromatic nitrogens is 2. The van der Waals surface area contributed by atoms with Crippen LogP contribution in [0.4, 0.5) is 0 Å². The van der Waals surface area contributed by atoms with Crippen LogP contribution in [0.5, 0.6) is 0 Å². The van der Waals surface area contributed by atoms with Crippen molar-refractivity contribution in [1.29, 1.82) is 0 Å². The highest BCUT2D eigenvalue weighted by molar-refractivity contribution is 5.18. The zero-order valence-corrected chi connectivity index (χ0v) is 12.6. The number of nitrogens with two attached hydrogens (primary N) is 1. The van der Waals surface area contributed by atoms with Gasteiger partial charge in [0.15, 0.2) is 0 Å². The van der Waals surface area contributed by atoms with Crippen molar-refractivity contribution in [1.82, 2.24) is 9.78 Å². The van der Waals surface area contributed by atoms with Gasteiger partial charge >= 0.3 is 0 Å². The minimum atomic E-state index is 0.103. The molecule has 1 atom stereocenters. The molecule has 0 saturated heterocycles. The molecule has 3 rings (SSSR count). The minimum absolute atomic E-state index is 0.103. The van der Waals surface area contributed by atoms with Crippen LogP contribution >= 0.6 is 0 Å². The highest BCUT2D eigenvalue weighted by Crippen LogP contribution is 2.27. The average molecular weight is 283 g/mol. The maximum atomic E-state index is 6.26. The van der Waals surface area contributed by atoms with E-state index in [2.05, 4.69) is 29.1 Å². The highest BCUT2D eigenvalue weighted by atomic mass is 15.3. The third-order valence-electron chi connectivity index (χ3n) is 4.55. The van der Waals surface area contributed by atoms with Crippen LogP contribution in [0, 0.1) is 0 Å². The zero-order chi connectivity index (χ0) is 14.5. The number of benzene rings is 1. The van der Waals surface area contributed by atoms with Crippen LogP contribution in [0.1, 0.15) is 61.9 Å². The lowest BCUT2D eigenvalue weighted by molar-refractivity contribution is 0.328. The summed E-state index contributed by atoms with van der Waals surface area (Å²) in [5.41, 5.74) is 8.64. The van der Waals surface area contributed by atoms with Crippen LogP contribution in [0.2, 0.25) is 0 Å².